The van der Waals surface area contributed by atoms with Crippen LogP contribution in [0, 0.1) is 13.8 Å². The van der Waals surface area contributed by atoms with Crippen LogP contribution in [0.15, 0.2) is 18.2 Å². The summed E-state index contributed by atoms with van der Waals surface area (Å²) < 4.78 is 2.29. The molecule has 1 aromatic carbocycles. The largest absolute Gasteiger partial charge is 0.317 e. The molecule has 0 bridgehead atoms. The Morgan fingerprint density at radius 1 is 1.24 bits per heavy atom. The highest BCUT2D eigenvalue weighted by Crippen LogP contribution is 2.20. The number of para-hydroxylation sites is 1. The van der Waals surface area contributed by atoms with E-state index in [0.717, 1.165) is 54.9 Å². The molecule has 0 aromatic heterocycles. The summed E-state index contributed by atoms with van der Waals surface area (Å²) in [6, 6.07) is 6.12. The summed E-state index contributed by atoms with van der Waals surface area (Å²) >= 11 is 0. The van der Waals surface area contributed by atoms with Crippen molar-refractivity contribution in [2.45, 2.75) is 52.9 Å². The van der Waals surface area contributed by atoms with Gasteiger partial charge >= 0.3 is 5.91 Å². The first-order chi connectivity index (χ1) is 10.1. The van der Waals surface area contributed by atoms with E-state index in [1.807, 2.05) is 32.0 Å². The van der Waals surface area contributed by atoms with Gasteiger partial charge in [0.1, 0.15) is 13.1 Å². The number of carbonyl (C=O) groups is 1. The number of nitrogens with one attached hydrogen (secondary N) is 1. The average Bonchev–Trinajstić information content (AvgIpc) is 2.49. The van der Waals surface area contributed by atoms with E-state index in [1.54, 1.807) is 0 Å². The van der Waals surface area contributed by atoms with Crippen LogP contribution in [0.1, 0.15) is 50.2 Å². The molecule has 0 fully saturated rings. The number of hydrogen-bond acceptors (Lipinski definition) is 1. The van der Waals surface area contributed by atoms with Crippen LogP contribution in [0.3, 0.4) is 0 Å². The topological polar surface area (TPSA) is 32.1 Å². The first-order valence-electron chi connectivity index (χ1n) is 8.11. The van der Waals surface area contributed by atoms with Crippen LogP contribution >= 0.6 is 0 Å². The molecule has 1 amide bonds. The molecule has 3 heteroatoms. The lowest BCUT2D eigenvalue weighted by Crippen LogP contribution is -2.36. The third kappa shape index (κ3) is 3.93. The number of nitrogens with zero attached hydrogens (tertiary/aromatic N) is 1. The number of anilines is 1. The van der Waals surface area contributed by atoms with E-state index in [1.165, 1.54) is 12.8 Å². The highest BCUT2D eigenvalue weighted by molar-refractivity contribution is 6.41. The molecule has 1 aromatic rings. The fourth-order valence-corrected chi connectivity index (χ4v) is 2.94. The van der Waals surface area contributed by atoms with E-state index < -0.39 is 0 Å². The van der Waals surface area contributed by atoms with Gasteiger partial charge < -0.3 is 5.32 Å². The lowest BCUT2D eigenvalue weighted by molar-refractivity contribution is -0.532. The zero-order valence-corrected chi connectivity index (χ0v) is 13.5. The highest BCUT2D eigenvalue weighted by atomic mass is 16.1. The zero-order valence-electron chi connectivity index (χ0n) is 13.5. The molecule has 1 aliphatic heterocycles. The van der Waals surface area contributed by atoms with Crippen molar-refractivity contribution < 1.29 is 9.37 Å². The second kappa shape index (κ2) is 7.39. The molecule has 1 heterocycles. The van der Waals surface area contributed by atoms with Gasteiger partial charge in [-0.05, 0) is 31.4 Å². The summed E-state index contributed by atoms with van der Waals surface area (Å²) in [7, 11) is 0. The van der Waals surface area contributed by atoms with Gasteiger partial charge in [0.15, 0.2) is 0 Å². The number of aryl methyl sites for hydroxylation is 2. The van der Waals surface area contributed by atoms with Crippen LogP contribution in [-0.2, 0) is 4.79 Å². The lowest BCUT2D eigenvalue weighted by Gasteiger charge is -2.16. The fraction of sp³-hybridized carbons (Fsp3) is 0.556. The van der Waals surface area contributed by atoms with Crippen molar-refractivity contribution in [2.75, 3.05) is 18.4 Å². The molecule has 0 atom stereocenters. The predicted octanol–water partition coefficient (Wildman–Crippen LogP) is 3.68. The predicted molar refractivity (Wildman–Crippen MR) is 88.3 cm³/mol. The Morgan fingerprint density at radius 3 is 2.62 bits per heavy atom. The molecule has 114 valence electrons. The monoisotopic (exact) mass is 287 g/mol. The Bertz CT molecular complexity index is 526. The van der Waals surface area contributed by atoms with Crippen LogP contribution in [-0.4, -0.2) is 29.3 Å². The van der Waals surface area contributed by atoms with Gasteiger partial charge in [-0.25, -0.2) is 4.58 Å². The molecule has 0 spiro atoms. The van der Waals surface area contributed by atoms with Gasteiger partial charge in [0.05, 0.1) is 0 Å². The number of amides is 1. The SMILES string of the molecule is CCCC[N+]1=C(C(=O)Nc2c(C)cccc2C)CCCC1. The van der Waals surface area contributed by atoms with Crippen molar-refractivity contribution in [3.63, 3.8) is 0 Å². The molecule has 3 nitrogen and oxygen atoms in total. The molecule has 1 N–H and O–H groups in total. The molecule has 0 radical (unpaired) electrons. The Hall–Kier alpha value is -1.64. The van der Waals surface area contributed by atoms with Gasteiger partial charge in [-0.1, -0.05) is 31.5 Å². The highest BCUT2D eigenvalue weighted by Gasteiger charge is 2.26. The van der Waals surface area contributed by atoms with Crippen molar-refractivity contribution >= 4 is 17.3 Å². The smallest absolute Gasteiger partial charge is 0.315 e. The normalized spacial score (nSPS) is 15.2. The van der Waals surface area contributed by atoms with Gasteiger partial charge in [-0.3, -0.25) is 4.79 Å². The summed E-state index contributed by atoms with van der Waals surface area (Å²) in [5.41, 5.74) is 4.19. The van der Waals surface area contributed by atoms with Crippen molar-refractivity contribution in [2.24, 2.45) is 0 Å². The quantitative estimate of drug-likeness (QED) is 0.823. The number of rotatable bonds is 5. The number of hydrogen-bond donors (Lipinski definition) is 1. The van der Waals surface area contributed by atoms with Crippen LogP contribution in [0.4, 0.5) is 5.69 Å². The summed E-state index contributed by atoms with van der Waals surface area (Å²) in [5, 5.41) is 3.14. The average molecular weight is 287 g/mol. The first kappa shape index (κ1) is 15.7. The van der Waals surface area contributed by atoms with E-state index in [2.05, 4.69) is 16.8 Å². The summed E-state index contributed by atoms with van der Waals surface area (Å²) in [4.78, 5) is 12.7. The maximum atomic E-state index is 12.7. The second-order valence-electron chi connectivity index (χ2n) is 5.97. The molecule has 21 heavy (non-hydrogen) atoms. The van der Waals surface area contributed by atoms with Gasteiger partial charge in [-0.15, -0.1) is 0 Å². The molecular formula is C18H27N2O+. The fourth-order valence-electron chi connectivity index (χ4n) is 2.94. The molecule has 0 unspecified atom stereocenters. The van der Waals surface area contributed by atoms with Gasteiger partial charge in [0, 0.05) is 24.9 Å². The maximum Gasteiger partial charge on any atom is 0.315 e. The molecule has 0 saturated carbocycles. The number of carbonyl (C=O) groups excluding carboxylic acids is 1. The number of unbranched alkanes of at least 4 members (excludes halogenated alkanes) is 1. The van der Waals surface area contributed by atoms with Crippen LogP contribution in [0.25, 0.3) is 0 Å². The van der Waals surface area contributed by atoms with Crippen molar-refractivity contribution in [1.82, 2.24) is 0 Å². The van der Waals surface area contributed by atoms with Crippen molar-refractivity contribution in [1.29, 1.82) is 0 Å². The minimum atomic E-state index is 0.0863. The minimum absolute atomic E-state index is 0.0863. The Kier molecular flexibility index (Phi) is 5.54. The maximum absolute atomic E-state index is 12.7. The summed E-state index contributed by atoms with van der Waals surface area (Å²) in [5.74, 6) is 0.0863. The molecule has 1 aliphatic rings. The van der Waals surface area contributed by atoms with E-state index in [9.17, 15) is 4.79 Å². The lowest BCUT2D eigenvalue weighted by atomic mass is 10.1. The third-order valence-electron chi connectivity index (χ3n) is 4.24. The number of benzene rings is 1. The molecule has 2 rings (SSSR count). The Labute approximate surface area is 128 Å². The third-order valence-corrected chi connectivity index (χ3v) is 4.24. The zero-order chi connectivity index (χ0) is 15.2. The van der Waals surface area contributed by atoms with E-state index in [0.29, 0.717) is 0 Å². The standard InChI is InChI=1S/C18H26N2O/c1-4-5-12-20-13-7-6-11-16(20)18(21)19-17-14(2)9-8-10-15(17)3/h8-10H,4-7,11-13H2,1-3H3/p+1. The summed E-state index contributed by atoms with van der Waals surface area (Å²) in [6.45, 7) is 8.31. The molecule has 0 saturated heterocycles. The molecular weight excluding hydrogens is 260 g/mol. The Morgan fingerprint density at radius 2 is 1.95 bits per heavy atom. The van der Waals surface area contributed by atoms with Gasteiger partial charge in [0.25, 0.3) is 0 Å². The molecule has 0 aliphatic carbocycles. The minimum Gasteiger partial charge on any atom is -0.317 e. The van der Waals surface area contributed by atoms with E-state index >= 15 is 0 Å². The Balaban J connectivity index is 2.19. The van der Waals surface area contributed by atoms with Crippen LogP contribution in [0.2, 0.25) is 0 Å². The summed E-state index contributed by atoms with van der Waals surface area (Å²) in [6.07, 6.45) is 5.55. The van der Waals surface area contributed by atoms with Crippen molar-refractivity contribution in [3.8, 4) is 0 Å². The second-order valence-corrected chi connectivity index (χ2v) is 5.97. The van der Waals surface area contributed by atoms with Crippen molar-refractivity contribution in [3.05, 3.63) is 29.3 Å². The van der Waals surface area contributed by atoms with Crippen LogP contribution in [0.5, 0.6) is 0 Å². The van der Waals surface area contributed by atoms with E-state index in [-0.39, 0.29) is 5.91 Å². The first-order valence-corrected chi connectivity index (χ1v) is 8.11. The van der Waals surface area contributed by atoms with E-state index in [4.69, 9.17) is 0 Å². The van der Waals surface area contributed by atoms with Gasteiger partial charge in [0.2, 0.25) is 5.71 Å². The van der Waals surface area contributed by atoms with Crippen LogP contribution < -0.4 is 5.32 Å². The van der Waals surface area contributed by atoms with Gasteiger partial charge in [-0.2, -0.15) is 0 Å².